The van der Waals surface area contributed by atoms with Gasteiger partial charge in [-0.05, 0) is 60.8 Å². The van der Waals surface area contributed by atoms with E-state index in [-0.39, 0.29) is 5.91 Å². The third-order valence-corrected chi connectivity index (χ3v) is 4.93. The molecular formula is C15H21BrN4O. The van der Waals surface area contributed by atoms with E-state index in [1.165, 1.54) is 12.8 Å². The zero-order valence-corrected chi connectivity index (χ0v) is 13.8. The predicted octanol–water partition coefficient (Wildman–Crippen LogP) is 2.00. The number of rotatable bonds is 4. The van der Waals surface area contributed by atoms with E-state index in [0.717, 1.165) is 17.3 Å². The van der Waals surface area contributed by atoms with Crippen molar-refractivity contribution in [2.45, 2.75) is 43.8 Å². The molecule has 1 aromatic heterocycles. The molecular weight excluding hydrogens is 332 g/mol. The minimum atomic E-state index is -0.00166. The maximum absolute atomic E-state index is 12.1. The topological polar surface area (TPSA) is 57.3 Å². The lowest BCUT2D eigenvalue weighted by molar-refractivity contribution is -0.117. The Labute approximate surface area is 133 Å². The molecule has 2 unspecified atom stereocenters. The molecule has 0 saturated carbocycles. The molecule has 1 amide bonds. The molecule has 2 saturated heterocycles. The molecule has 2 aliphatic rings. The summed E-state index contributed by atoms with van der Waals surface area (Å²) in [6.45, 7) is 0.419. The van der Waals surface area contributed by atoms with Crippen LogP contribution in [0.5, 0.6) is 0 Å². The Morgan fingerprint density at radius 3 is 2.76 bits per heavy atom. The number of hydrogen-bond donors (Lipinski definition) is 2. The summed E-state index contributed by atoms with van der Waals surface area (Å²) in [7, 11) is 2.05. The number of amides is 1. The van der Waals surface area contributed by atoms with Gasteiger partial charge in [-0.2, -0.15) is 0 Å². The highest BCUT2D eigenvalue weighted by molar-refractivity contribution is 9.10. The molecule has 2 N–H and O–H groups in total. The number of likely N-dealkylation sites (N-methyl/N-ethyl adjacent to an activating group) is 1. The van der Waals surface area contributed by atoms with Crippen LogP contribution in [0.25, 0.3) is 0 Å². The molecule has 21 heavy (non-hydrogen) atoms. The van der Waals surface area contributed by atoms with Crippen LogP contribution in [-0.2, 0) is 4.79 Å². The van der Waals surface area contributed by atoms with Gasteiger partial charge in [-0.1, -0.05) is 0 Å². The van der Waals surface area contributed by atoms with Crippen molar-refractivity contribution in [3.63, 3.8) is 0 Å². The van der Waals surface area contributed by atoms with Crippen LogP contribution < -0.4 is 10.6 Å². The number of fused-ring (bicyclic) bond motifs is 2. The van der Waals surface area contributed by atoms with Crippen molar-refractivity contribution in [1.82, 2.24) is 15.2 Å². The van der Waals surface area contributed by atoms with Crippen LogP contribution in [0.3, 0.4) is 0 Å². The van der Waals surface area contributed by atoms with E-state index in [2.05, 4.69) is 36.4 Å². The molecule has 5 nitrogen and oxygen atoms in total. The zero-order chi connectivity index (χ0) is 14.8. The van der Waals surface area contributed by atoms with Gasteiger partial charge in [-0.15, -0.1) is 0 Å². The Morgan fingerprint density at radius 1 is 1.43 bits per heavy atom. The Morgan fingerprint density at radius 2 is 2.14 bits per heavy atom. The van der Waals surface area contributed by atoms with Gasteiger partial charge < -0.3 is 10.6 Å². The second-order valence-corrected chi connectivity index (χ2v) is 7.00. The summed E-state index contributed by atoms with van der Waals surface area (Å²) < 4.78 is 0.905. The second kappa shape index (κ2) is 6.42. The van der Waals surface area contributed by atoms with E-state index in [4.69, 9.17) is 0 Å². The number of anilines is 1. The van der Waals surface area contributed by atoms with Crippen LogP contribution in [0, 0.1) is 0 Å². The molecule has 0 aliphatic carbocycles. The lowest BCUT2D eigenvalue weighted by Crippen LogP contribution is -2.48. The summed E-state index contributed by atoms with van der Waals surface area (Å²) in [4.78, 5) is 18.5. The first-order valence-corrected chi connectivity index (χ1v) is 8.27. The number of carbonyl (C=O) groups excluding carboxylic acids is 1. The fraction of sp³-hybridized carbons (Fsp3) is 0.600. The summed E-state index contributed by atoms with van der Waals surface area (Å²) >= 11 is 3.33. The fourth-order valence-corrected chi connectivity index (χ4v) is 3.61. The Kier molecular flexibility index (Phi) is 4.57. The third-order valence-electron chi connectivity index (χ3n) is 4.46. The molecule has 0 spiro atoms. The SMILES string of the molecule is CN(CC(=O)Nc1ccc(Br)cn1)C1CC2CCC(C1)N2. The van der Waals surface area contributed by atoms with Crippen molar-refractivity contribution in [2.24, 2.45) is 0 Å². The molecule has 2 fully saturated rings. The highest BCUT2D eigenvalue weighted by Gasteiger charge is 2.35. The largest absolute Gasteiger partial charge is 0.311 e. The van der Waals surface area contributed by atoms with Crippen molar-refractivity contribution in [1.29, 1.82) is 0 Å². The minimum Gasteiger partial charge on any atom is -0.311 e. The molecule has 3 rings (SSSR count). The Hall–Kier alpha value is -0.980. The van der Waals surface area contributed by atoms with Crippen molar-refractivity contribution < 1.29 is 4.79 Å². The number of nitrogens with zero attached hydrogens (tertiary/aromatic N) is 2. The Bertz CT molecular complexity index is 495. The molecule has 0 aromatic carbocycles. The van der Waals surface area contributed by atoms with Gasteiger partial charge in [-0.25, -0.2) is 4.98 Å². The highest BCUT2D eigenvalue weighted by atomic mass is 79.9. The van der Waals surface area contributed by atoms with Crippen LogP contribution in [-0.4, -0.2) is 47.5 Å². The lowest BCUT2D eigenvalue weighted by Gasteiger charge is -2.35. The van der Waals surface area contributed by atoms with Gasteiger partial charge in [0.1, 0.15) is 5.82 Å². The van der Waals surface area contributed by atoms with E-state index in [9.17, 15) is 4.79 Å². The van der Waals surface area contributed by atoms with Gasteiger partial charge in [0.15, 0.2) is 0 Å². The molecule has 1 aromatic rings. The third kappa shape index (κ3) is 3.81. The van der Waals surface area contributed by atoms with E-state index in [0.29, 0.717) is 30.5 Å². The number of nitrogens with one attached hydrogen (secondary N) is 2. The van der Waals surface area contributed by atoms with Crippen molar-refractivity contribution in [3.8, 4) is 0 Å². The molecule has 6 heteroatoms. The summed E-state index contributed by atoms with van der Waals surface area (Å²) in [6.07, 6.45) is 6.55. The average molecular weight is 353 g/mol. The molecule has 2 bridgehead atoms. The Balaban J connectivity index is 1.51. The molecule has 0 radical (unpaired) electrons. The summed E-state index contributed by atoms with van der Waals surface area (Å²) in [5.41, 5.74) is 0. The monoisotopic (exact) mass is 352 g/mol. The van der Waals surface area contributed by atoms with Gasteiger partial charge in [0, 0.05) is 28.8 Å². The minimum absolute atomic E-state index is 0.00166. The first-order valence-electron chi connectivity index (χ1n) is 7.48. The van der Waals surface area contributed by atoms with Gasteiger partial charge in [0.2, 0.25) is 5.91 Å². The smallest absolute Gasteiger partial charge is 0.239 e. The van der Waals surface area contributed by atoms with E-state index in [1.807, 2.05) is 13.1 Å². The normalized spacial score (nSPS) is 27.9. The number of hydrogen-bond acceptors (Lipinski definition) is 4. The van der Waals surface area contributed by atoms with E-state index < -0.39 is 0 Å². The number of aromatic nitrogens is 1. The van der Waals surface area contributed by atoms with Crippen LogP contribution in [0.4, 0.5) is 5.82 Å². The molecule has 3 heterocycles. The maximum atomic E-state index is 12.1. The number of halogens is 1. The molecule has 114 valence electrons. The van der Waals surface area contributed by atoms with Crippen LogP contribution >= 0.6 is 15.9 Å². The van der Waals surface area contributed by atoms with Gasteiger partial charge in [0.25, 0.3) is 0 Å². The second-order valence-electron chi connectivity index (χ2n) is 6.09. The number of carbonyl (C=O) groups is 1. The first kappa shape index (κ1) is 14.9. The van der Waals surface area contributed by atoms with Gasteiger partial charge >= 0.3 is 0 Å². The zero-order valence-electron chi connectivity index (χ0n) is 12.2. The van der Waals surface area contributed by atoms with Crippen LogP contribution in [0.2, 0.25) is 0 Å². The standard InChI is InChI=1S/C15H21BrN4O/c1-20(13-6-11-3-4-12(7-13)18-11)9-15(21)19-14-5-2-10(16)8-17-14/h2,5,8,11-13,18H,3-4,6-7,9H2,1H3,(H,17,19,21). The van der Waals surface area contributed by atoms with Crippen molar-refractivity contribution in [2.75, 3.05) is 18.9 Å². The summed E-state index contributed by atoms with van der Waals surface area (Å²) in [6, 6.07) is 5.47. The van der Waals surface area contributed by atoms with Crippen LogP contribution in [0.15, 0.2) is 22.8 Å². The van der Waals surface area contributed by atoms with Crippen molar-refractivity contribution in [3.05, 3.63) is 22.8 Å². The lowest BCUT2D eigenvalue weighted by atomic mass is 9.98. The molecule has 2 aliphatic heterocycles. The van der Waals surface area contributed by atoms with Crippen molar-refractivity contribution >= 4 is 27.7 Å². The highest BCUT2D eigenvalue weighted by Crippen LogP contribution is 2.29. The van der Waals surface area contributed by atoms with Gasteiger partial charge in [-0.3, -0.25) is 9.69 Å². The summed E-state index contributed by atoms with van der Waals surface area (Å²) in [5.74, 6) is 0.597. The van der Waals surface area contributed by atoms with E-state index >= 15 is 0 Å². The first-order chi connectivity index (χ1) is 10.1. The molecule has 2 atom stereocenters. The fourth-order valence-electron chi connectivity index (χ4n) is 3.37. The number of pyridine rings is 1. The van der Waals surface area contributed by atoms with Crippen LogP contribution in [0.1, 0.15) is 25.7 Å². The average Bonchev–Trinajstić information content (AvgIpc) is 2.80. The number of piperidine rings is 1. The maximum Gasteiger partial charge on any atom is 0.239 e. The van der Waals surface area contributed by atoms with E-state index in [1.54, 1.807) is 12.3 Å². The summed E-state index contributed by atoms with van der Waals surface area (Å²) in [5, 5.41) is 6.48. The van der Waals surface area contributed by atoms with Gasteiger partial charge in [0.05, 0.1) is 6.54 Å². The quantitative estimate of drug-likeness (QED) is 0.869. The predicted molar refractivity (Wildman–Crippen MR) is 86.2 cm³/mol.